The fourth-order valence-electron chi connectivity index (χ4n) is 4.42. The number of nitrogens with two attached hydrogens (primary N) is 1. The highest BCUT2D eigenvalue weighted by Gasteiger charge is 2.34. The van der Waals surface area contributed by atoms with Crippen molar-refractivity contribution in [3.8, 4) is 0 Å². The number of carbonyl (C=O) groups is 2. The van der Waals surface area contributed by atoms with Crippen LogP contribution in [0.2, 0.25) is 0 Å². The summed E-state index contributed by atoms with van der Waals surface area (Å²) in [5.74, 6) is -1.26. The maximum atomic E-state index is 13.1. The van der Waals surface area contributed by atoms with Crippen molar-refractivity contribution in [2.45, 2.75) is 49.8 Å². The zero-order chi connectivity index (χ0) is 22.0. The second kappa shape index (κ2) is 9.10. The van der Waals surface area contributed by atoms with Gasteiger partial charge in [-0.2, -0.15) is 4.31 Å². The van der Waals surface area contributed by atoms with Gasteiger partial charge in [-0.05, 0) is 56.2 Å². The normalized spacial score (nSPS) is 19.9. The summed E-state index contributed by atoms with van der Waals surface area (Å²) in [7, 11) is -3.65. The van der Waals surface area contributed by atoms with Gasteiger partial charge in [-0.3, -0.25) is 9.59 Å². The van der Waals surface area contributed by atoms with Crippen LogP contribution in [-0.2, 0) is 27.7 Å². The molecule has 2 amide bonds. The van der Waals surface area contributed by atoms with E-state index < -0.39 is 21.8 Å². The maximum absolute atomic E-state index is 13.1. The summed E-state index contributed by atoms with van der Waals surface area (Å²) in [5, 5.41) is 3.42. The van der Waals surface area contributed by atoms with Crippen LogP contribution in [0.4, 0.5) is 5.00 Å². The van der Waals surface area contributed by atoms with E-state index in [1.54, 1.807) is 30.3 Å². The van der Waals surface area contributed by atoms with Crippen LogP contribution in [0.15, 0.2) is 35.2 Å². The van der Waals surface area contributed by atoms with Crippen LogP contribution in [-0.4, -0.2) is 37.6 Å². The van der Waals surface area contributed by atoms with Gasteiger partial charge in [0.1, 0.15) is 5.00 Å². The van der Waals surface area contributed by atoms with Crippen molar-refractivity contribution in [1.29, 1.82) is 0 Å². The molecule has 7 nitrogen and oxygen atoms in total. The second-order valence-corrected chi connectivity index (χ2v) is 11.2. The number of rotatable bonds is 5. The van der Waals surface area contributed by atoms with E-state index in [0.717, 1.165) is 42.5 Å². The van der Waals surface area contributed by atoms with Crippen LogP contribution in [0, 0.1) is 5.92 Å². The van der Waals surface area contributed by atoms with Gasteiger partial charge >= 0.3 is 0 Å². The fourth-order valence-corrected chi connectivity index (χ4v) is 7.26. The van der Waals surface area contributed by atoms with E-state index in [1.807, 2.05) is 0 Å². The number of benzene rings is 1. The van der Waals surface area contributed by atoms with Gasteiger partial charge < -0.3 is 11.1 Å². The number of anilines is 1. The third kappa shape index (κ3) is 4.53. The quantitative estimate of drug-likeness (QED) is 0.667. The highest BCUT2D eigenvalue weighted by molar-refractivity contribution is 7.89. The predicted octanol–water partition coefficient (Wildman–Crippen LogP) is 3.16. The Balaban J connectivity index is 1.52. The van der Waals surface area contributed by atoms with Gasteiger partial charge in [0, 0.05) is 18.0 Å². The molecule has 1 fully saturated rings. The van der Waals surface area contributed by atoms with Crippen molar-refractivity contribution in [3.63, 3.8) is 0 Å². The molecule has 2 aromatic rings. The summed E-state index contributed by atoms with van der Waals surface area (Å²) >= 11 is 1.43. The zero-order valence-corrected chi connectivity index (χ0v) is 18.9. The Morgan fingerprint density at radius 2 is 1.81 bits per heavy atom. The Labute approximate surface area is 186 Å². The second-order valence-electron chi connectivity index (χ2n) is 8.14. The number of aryl methyl sites for hydroxylation is 1. The summed E-state index contributed by atoms with van der Waals surface area (Å²) < 4.78 is 27.3. The van der Waals surface area contributed by atoms with E-state index in [1.165, 1.54) is 15.6 Å². The molecule has 0 spiro atoms. The Kier molecular flexibility index (Phi) is 6.45. The van der Waals surface area contributed by atoms with Crippen molar-refractivity contribution < 1.29 is 18.0 Å². The number of nitrogens with one attached hydrogen (secondary N) is 1. The first kappa shape index (κ1) is 22.0. The number of carbonyl (C=O) groups excluding carboxylic acids is 2. The molecule has 1 aliphatic heterocycles. The minimum Gasteiger partial charge on any atom is -0.365 e. The number of primary amides is 1. The topological polar surface area (TPSA) is 110 Å². The molecule has 2 aliphatic rings. The van der Waals surface area contributed by atoms with Crippen molar-refractivity contribution in [3.05, 3.63) is 46.3 Å². The number of thiophene rings is 1. The zero-order valence-electron chi connectivity index (χ0n) is 17.3. The molecule has 1 aromatic carbocycles. The van der Waals surface area contributed by atoms with Gasteiger partial charge in [-0.15, -0.1) is 11.3 Å². The summed E-state index contributed by atoms with van der Waals surface area (Å²) in [4.78, 5) is 26.6. The van der Waals surface area contributed by atoms with E-state index in [9.17, 15) is 18.0 Å². The minimum atomic E-state index is -3.65. The monoisotopic (exact) mass is 461 g/mol. The molecular formula is C22H27N3O4S2. The van der Waals surface area contributed by atoms with Crippen LogP contribution in [0.5, 0.6) is 0 Å². The predicted molar refractivity (Wildman–Crippen MR) is 121 cm³/mol. The maximum Gasteiger partial charge on any atom is 0.251 e. The molecule has 4 rings (SSSR count). The standard InChI is InChI=1S/C22H27N3O4S2/c23-20(26)19-17-11-5-2-6-12-18(17)30-22(19)24-21(27)15-8-7-13-25(14-15)31(28,29)16-9-3-1-4-10-16/h1,3-4,9-10,15H,2,5-8,11-14H2,(H2,23,26)(H,24,27). The average Bonchev–Trinajstić information content (AvgIpc) is 2.95. The van der Waals surface area contributed by atoms with E-state index >= 15 is 0 Å². The van der Waals surface area contributed by atoms with Gasteiger partial charge in [0.25, 0.3) is 5.91 Å². The van der Waals surface area contributed by atoms with Crippen LogP contribution >= 0.6 is 11.3 Å². The Morgan fingerprint density at radius 3 is 2.55 bits per heavy atom. The molecule has 1 saturated heterocycles. The third-order valence-corrected chi connectivity index (χ3v) is 9.13. The first-order chi connectivity index (χ1) is 14.9. The molecule has 166 valence electrons. The molecule has 31 heavy (non-hydrogen) atoms. The van der Waals surface area contributed by atoms with Crippen molar-refractivity contribution >= 4 is 38.2 Å². The molecule has 1 atom stereocenters. The molecule has 9 heteroatoms. The lowest BCUT2D eigenvalue weighted by molar-refractivity contribution is -0.120. The van der Waals surface area contributed by atoms with Crippen LogP contribution < -0.4 is 11.1 Å². The third-order valence-electron chi connectivity index (χ3n) is 6.04. The first-order valence-electron chi connectivity index (χ1n) is 10.7. The van der Waals surface area contributed by atoms with Crippen LogP contribution in [0.1, 0.15) is 52.9 Å². The number of sulfonamides is 1. The van der Waals surface area contributed by atoms with Crippen LogP contribution in [0.3, 0.4) is 0 Å². The largest absolute Gasteiger partial charge is 0.365 e. The van der Waals surface area contributed by atoms with Gasteiger partial charge in [-0.25, -0.2) is 8.42 Å². The summed E-state index contributed by atoms with van der Waals surface area (Å²) in [6, 6.07) is 8.28. The number of fused-ring (bicyclic) bond motifs is 1. The highest BCUT2D eigenvalue weighted by atomic mass is 32.2. The van der Waals surface area contributed by atoms with Gasteiger partial charge in [0.05, 0.1) is 16.4 Å². The number of nitrogens with zero attached hydrogens (tertiary/aromatic N) is 1. The average molecular weight is 462 g/mol. The first-order valence-corrected chi connectivity index (χ1v) is 12.9. The molecule has 3 N–H and O–H groups in total. The van der Waals surface area contributed by atoms with E-state index in [2.05, 4.69) is 5.32 Å². The molecule has 0 saturated carbocycles. The smallest absolute Gasteiger partial charge is 0.251 e. The lowest BCUT2D eigenvalue weighted by Gasteiger charge is -2.31. The molecule has 2 heterocycles. The molecule has 0 radical (unpaired) electrons. The fraction of sp³-hybridized carbons (Fsp3) is 0.455. The number of piperidine rings is 1. The number of amides is 2. The minimum absolute atomic E-state index is 0.125. The molecule has 1 unspecified atom stereocenters. The Bertz CT molecular complexity index is 1080. The lowest BCUT2D eigenvalue weighted by Crippen LogP contribution is -2.43. The van der Waals surface area contributed by atoms with Crippen molar-refractivity contribution in [2.75, 3.05) is 18.4 Å². The summed E-state index contributed by atoms with van der Waals surface area (Å²) in [6.07, 6.45) is 6.09. The summed E-state index contributed by atoms with van der Waals surface area (Å²) in [5.41, 5.74) is 7.07. The molecule has 1 aliphatic carbocycles. The summed E-state index contributed by atoms with van der Waals surface area (Å²) in [6.45, 7) is 0.515. The molecule has 1 aromatic heterocycles. The lowest BCUT2D eigenvalue weighted by atomic mass is 9.98. The Hall–Kier alpha value is -2.23. The Morgan fingerprint density at radius 1 is 1.06 bits per heavy atom. The van der Waals surface area contributed by atoms with Gasteiger partial charge in [0.15, 0.2) is 0 Å². The van der Waals surface area contributed by atoms with E-state index in [4.69, 9.17) is 5.73 Å². The van der Waals surface area contributed by atoms with Crippen molar-refractivity contribution in [1.82, 2.24) is 4.31 Å². The SMILES string of the molecule is NC(=O)c1c(NC(=O)C2CCCN(S(=O)(=O)c3ccccc3)C2)sc2c1CCCCC2. The van der Waals surface area contributed by atoms with E-state index in [0.29, 0.717) is 30.0 Å². The van der Waals surface area contributed by atoms with Crippen molar-refractivity contribution in [2.24, 2.45) is 11.7 Å². The molecular weight excluding hydrogens is 434 g/mol. The highest BCUT2D eigenvalue weighted by Crippen LogP contribution is 2.38. The van der Waals surface area contributed by atoms with Gasteiger partial charge in [0.2, 0.25) is 15.9 Å². The van der Waals surface area contributed by atoms with Crippen LogP contribution in [0.25, 0.3) is 0 Å². The number of hydrogen-bond donors (Lipinski definition) is 2. The van der Waals surface area contributed by atoms with E-state index in [-0.39, 0.29) is 17.3 Å². The molecule has 0 bridgehead atoms. The number of hydrogen-bond acceptors (Lipinski definition) is 5. The van der Waals surface area contributed by atoms with Gasteiger partial charge in [-0.1, -0.05) is 24.6 Å².